The van der Waals surface area contributed by atoms with Crippen molar-refractivity contribution in [3.63, 3.8) is 0 Å². The van der Waals surface area contributed by atoms with Crippen LogP contribution in [0.5, 0.6) is 0 Å². The van der Waals surface area contributed by atoms with Crippen LogP contribution in [0.4, 0.5) is 4.39 Å². The van der Waals surface area contributed by atoms with E-state index >= 15 is 0 Å². The standard InChI is InChI=1S/C19H18FNO3S/c1-14(22)15-4-8-19(9-5-15)25(23,24)21-12-10-17(11-13-21)16-2-6-18(20)7-3-16/h2-10H,11-13H2,1H3. The Hall–Kier alpha value is -2.31. The predicted molar refractivity (Wildman–Crippen MR) is 94.2 cm³/mol. The molecule has 0 aromatic heterocycles. The Labute approximate surface area is 146 Å². The second kappa shape index (κ2) is 6.90. The lowest BCUT2D eigenvalue weighted by Gasteiger charge is -2.26. The van der Waals surface area contributed by atoms with E-state index in [0.29, 0.717) is 18.5 Å². The lowest BCUT2D eigenvalue weighted by atomic mass is 10.0. The van der Waals surface area contributed by atoms with Crippen LogP contribution >= 0.6 is 0 Å². The van der Waals surface area contributed by atoms with E-state index < -0.39 is 10.0 Å². The van der Waals surface area contributed by atoms with Gasteiger partial charge in [-0.25, -0.2) is 12.8 Å². The maximum Gasteiger partial charge on any atom is 0.243 e. The Bertz CT molecular complexity index is 916. The normalized spacial score (nSPS) is 15.7. The molecule has 0 saturated heterocycles. The molecule has 0 bridgehead atoms. The molecule has 1 heterocycles. The quantitative estimate of drug-likeness (QED) is 0.785. The van der Waals surface area contributed by atoms with Crippen molar-refractivity contribution in [2.45, 2.75) is 18.2 Å². The van der Waals surface area contributed by atoms with Gasteiger partial charge in [-0.1, -0.05) is 30.3 Å². The van der Waals surface area contributed by atoms with Crippen molar-refractivity contribution in [2.24, 2.45) is 0 Å². The molecule has 1 aliphatic rings. The fourth-order valence-electron chi connectivity index (χ4n) is 2.81. The summed E-state index contributed by atoms with van der Waals surface area (Å²) in [6.45, 7) is 2.07. The third kappa shape index (κ3) is 3.70. The van der Waals surface area contributed by atoms with Gasteiger partial charge in [0.05, 0.1) is 4.90 Å². The van der Waals surface area contributed by atoms with Gasteiger partial charge in [-0.15, -0.1) is 0 Å². The van der Waals surface area contributed by atoms with Gasteiger partial charge in [0.25, 0.3) is 0 Å². The minimum Gasteiger partial charge on any atom is -0.295 e. The largest absolute Gasteiger partial charge is 0.295 e. The summed E-state index contributed by atoms with van der Waals surface area (Å²) in [5, 5.41) is 0. The van der Waals surface area contributed by atoms with Gasteiger partial charge in [-0.05, 0) is 48.7 Å². The second-order valence-corrected chi connectivity index (χ2v) is 7.87. The average molecular weight is 359 g/mol. The van der Waals surface area contributed by atoms with Gasteiger partial charge < -0.3 is 0 Å². The van der Waals surface area contributed by atoms with Crippen molar-refractivity contribution in [1.82, 2.24) is 4.31 Å². The third-order valence-corrected chi connectivity index (χ3v) is 6.16. The number of nitrogens with zero attached hydrogens (tertiary/aromatic N) is 1. The number of Topliss-reactive ketones (excluding diaryl/α,β-unsaturated/α-hetero) is 1. The molecule has 0 saturated carbocycles. The highest BCUT2D eigenvalue weighted by atomic mass is 32.2. The summed E-state index contributed by atoms with van der Waals surface area (Å²) in [7, 11) is -3.60. The first kappa shape index (κ1) is 17.5. The van der Waals surface area contributed by atoms with Gasteiger partial charge >= 0.3 is 0 Å². The van der Waals surface area contributed by atoms with Gasteiger partial charge in [-0.3, -0.25) is 4.79 Å². The highest BCUT2D eigenvalue weighted by molar-refractivity contribution is 7.89. The number of halogens is 1. The van der Waals surface area contributed by atoms with E-state index in [1.807, 2.05) is 6.08 Å². The molecule has 2 aromatic carbocycles. The topological polar surface area (TPSA) is 54.5 Å². The number of hydrogen-bond acceptors (Lipinski definition) is 3. The highest BCUT2D eigenvalue weighted by Crippen LogP contribution is 2.26. The zero-order valence-electron chi connectivity index (χ0n) is 13.8. The van der Waals surface area contributed by atoms with E-state index in [9.17, 15) is 17.6 Å². The van der Waals surface area contributed by atoms with Crippen LogP contribution in [0.15, 0.2) is 59.5 Å². The fraction of sp³-hybridized carbons (Fsp3) is 0.211. The molecule has 3 rings (SSSR count). The summed E-state index contributed by atoms with van der Waals surface area (Å²) in [6, 6.07) is 12.2. The summed E-state index contributed by atoms with van der Waals surface area (Å²) in [5.74, 6) is -0.396. The van der Waals surface area contributed by atoms with Crippen molar-refractivity contribution in [1.29, 1.82) is 0 Å². The maximum absolute atomic E-state index is 13.0. The Morgan fingerprint density at radius 3 is 2.20 bits per heavy atom. The van der Waals surface area contributed by atoms with E-state index in [0.717, 1.165) is 11.1 Å². The lowest BCUT2D eigenvalue weighted by Crippen LogP contribution is -2.34. The lowest BCUT2D eigenvalue weighted by molar-refractivity contribution is 0.101. The molecule has 25 heavy (non-hydrogen) atoms. The molecule has 0 unspecified atom stereocenters. The number of ketones is 1. The van der Waals surface area contributed by atoms with E-state index in [2.05, 4.69) is 0 Å². The van der Waals surface area contributed by atoms with Crippen LogP contribution in [-0.4, -0.2) is 31.6 Å². The molecule has 130 valence electrons. The first-order valence-electron chi connectivity index (χ1n) is 7.94. The minimum atomic E-state index is -3.60. The third-order valence-electron chi connectivity index (χ3n) is 4.29. The van der Waals surface area contributed by atoms with Gasteiger partial charge in [0, 0.05) is 18.7 Å². The number of hydrogen-bond donors (Lipinski definition) is 0. The van der Waals surface area contributed by atoms with Crippen molar-refractivity contribution in [3.05, 3.63) is 71.6 Å². The van der Waals surface area contributed by atoms with Gasteiger partial charge in [0.2, 0.25) is 10.0 Å². The van der Waals surface area contributed by atoms with Crippen molar-refractivity contribution in [3.8, 4) is 0 Å². The van der Waals surface area contributed by atoms with E-state index in [-0.39, 0.29) is 23.0 Å². The number of carbonyl (C=O) groups excluding carboxylic acids is 1. The average Bonchev–Trinajstić information content (AvgIpc) is 2.62. The van der Waals surface area contributed by atoms with Crippen LogP contribution in [0.1, 0.15) is 29.3 Å². The van der Waals surface area contributed by atoms with Gasteiger partial charge in [0.15, 0.2) is 5.78 Å². The summed E-state index contributed by atoms with van der Waals surface area (Å²) >= 11 is 0. The van der Waals surface area contributed by atoms with Crippen LogP contribution < -0.4 is 0 Å². The van der Waals surface area contributed by atoms with Crippen molar-refractivity contribution < 1.29 is 17.6 Å². The molecule has 0 N–H and O–H groups in total. The molecule has 1 aliphatic heterocycles. The van der Waals surface area contributed by atoms with Crippen LogP contribution in [0.25, 0.3) is 5.57 Å². The molecular weight excluding hydrogens is 341 g/mol. The molecule has 0 atom stereocenters. The van der Waals surface area contributed by atoms with E-state index in [1.165, 1.54) is 47.6 Å². The number of sulfonamides is 1. The molecule has 2 aromatic rings. The molecule has 0 amide bonds. The predicted octanol–water partition coefficient (Wildman–Crippen LogP) is 3.51. The van der Waals surface area contributed by atoms with E-state index in [4.69, 9.17) is 0 Å². The number of rotatable bonds is 4. The van der Waals surface area contributed by atoms with Crippen molar-refractivity contribution >= 4 is 21.4 Å². The summed E-state index contributed by atoms with van der Waals surface area (Å²) < 4.78 is 39.9. The maximum atomic E-state index is 13.0. The van der Waals surface area contributed by atoms with Gasteiger partial charge in [0.1, 0.15) is 5.82 Å². The van der Waals surface area contributed by atoms with Crippen LogP contribution in [-0.2, 0) is 10.0 Å². The van der Waals surface area contributed by atoms with Crippen LogP contribution in [0.3, 0.4) is 0 Å². The first-order chi connectivity index (χ1) is 11.9. The highest BCUT2D eigenvalue weighted by Gasteiger charge is 2.26. The molecule has 0 spiro atoms. The Morgan fingerprint density at radius 2 is 1.68 bits per heavy atom. The summed E-state index contributed by atoms with van der Waals surface area (Å²) in [6.07, 6.45) is 2.43. The Morgan fingerprint density at radius 1 is 1.04 bits per heavy atom. The minimum absolute atomic E-state index is 0.103. The Kier molecular flexibility index (Phi) is 4.83. The smallest absolute Gasteiger partial charge is 0.243 e. The summed E-state index contributed by atoms with van der Waals surface area (Å²) in [4.78, 5) is 11.5. The zero-order chi connectivity index (χ0) is 18.0. The zero-order valence-corrected chi connectivity index (χ0v) is 14.6. The monoisotopic (exact) mass is 359 g/mol. The molecule has 0 aliphatic carbocycles. The first-order valence-corrected chi connectivity index (χ1v) is 9.38. The second-order valence-electron chi connectivity index (χ2n) is 5.93. The SMILES string of the molecule is CC(=O)c1ccc(S(=O)(=O)N2CC=C(c3ccc(F)cc3)CC2)cc1. The summed E-state index contributed by atoms with van der Waals surface area (Å²) in [5.41, 5.74) is 2.40. The van der Waals surface area contributed by atoms with E-state index in [1.54, 1.807) is 12.1 Å². The Balaban J connectivity index is 1.78. The molecule has 6 heteroatoms. The molecule has 0 fully saturated rings. The molecule has 4 nitrogen and oxygen atoms in total. The molecular formula is C19H18FNO3S. The van der Waals surface area contributed by atoms with Crippen LogP contribution in [0, 0.1) is 5.82 Å². The van der Waals surface area contributed by atoms with Gasteiger partial charge in [-0.2, -0.15) is 4.31 Å². The number of benzene rings is 2. The van der Waals surface area contributed by atoms with Crippen molar-refractivity contribution in [2.75, 3.05) is 13.1 Å². The fourth-order valence-corrected chi connectivity index (χ4v) is 4.19. The number of carbonyl (C=O) groups is 1. The van der Waals surface area contributed by atoms with Crippen LogP contribution in [0.2, 0.25) is 0 Å². The molecule has 0 radical (unpaired) electrons.